The summed E-state index contributed by atoms with van der Waals surface area (Å²) in [7, 11) is -1.93. The second kappa shape index (κ2) is 6.28. The van der Waals surface area contributed by atoms with Gasteiger partial charge < -0.3 is 19.7 Å². The summed E-state index contributed by atoms with van der Waals surface area (Å²) in [5.41, 5.74) is 0.777. The highest BCUT2D eigenvalue weighted by atomic mass is 16.4. The summed E-state index contributed by atoms with van der Waals surface area (Å²) in [5, 5.41) is 28.3. The first-order valence-corrected chi connectivity index (χ1v) is 7.31. The fraction of sp³-hybridized carbons (Fsp3) is 0.118. The maximum absolute atomic E-state index is 11.7. The average Bonchev–Trinajstić information content (AvgIpc) is 2.58. The number of hydrogen-bond donors (Lipinski definition) is 3. The molecule has 0 saturated carbocycles. The van der Waals surface area contributed by atoms with Crippen molar-refractivity contribution in [2.24, 2.45) is 0 Å². The number of pyridine rings is 1. The van der Waals surface area contributed by atoms with Crippen molar-refractivity contribution in [1.82, 2.24) is 4.57 Å². The number of aromatic hydroxyl groups is 1. The lowest BCUT2D eigenvalue weighted by molar-refractivity contribution is 0.423. The Balaban J connectivity index is 2.04. The van der Waals surface area contributed by atoms with E-state index in [0.717, 1.165) is 17.7 Å². The van der Waals surface area contributed by atoms with Crippen LogP contribution in [0.4, 0.5) is 0 Å². The minimum Gasteiger partial charge on any atom is -0.503 e. The van der Waals surface area contributed by atoms with Crippen LogP contribution in [0.1, 0.15) is 17.9 Å². The van der Waals surface area contributed by atoms with Crippen molar-refractivity contribution >= 4 is 12.6 Å². The first kappa shape index (κ1) is 15.3. The fourth-order valence-corrected chi connectivity index (χ4v) is 2.66. The van der Waals surface area contributed by atoms with Gasteiger partial charge in [-0.05, 0) is 24.1 Å². The van der Waals surface area contributed by atoms with E-state index in [2.05, 4.69) is 12.2 Å². The molecule has 0 fully saturated rings. The van der Waals surface area contributed by atoms with Crippen LogP contribution in [0, 0.1) is 0 Å². The van der Waals surface area contributed by atoms with Crippen LogP contribution in [0.2, 0.25) is 0 Å². The van der Waals surface area contributed by atoms with Crippen molar-refractivity contribution in [1.29, 1.82) is 0 Å². The molecule has 5 nitrogen and oxygen atoms in total. The lowest BCUT2D eigenvalue weighted by atomic mass is 9.81. The second-order valence-electron chi connectivity index (χ2n) is 5.46. The van der Waals surface area contributed by atoms with Gasteiger partial charge in [-0.2, -0.15) is 0 Å². The molecular weight excluding hydrogens is 293 g/mol. The Morgan fingerprint density at radius 3 is 2.70 bits per heavy atom. The predicted octanol–water partition coefficient (Wildman–Crippen LogP) is 0.823. The molecule has 1 aromatic heterocycles. The van der Waals surface area contributed by atoms with Crippen LogP contribution < -0.4 is 10.9 Å². The van der Waals surface area contributed by atoms with Gasteiger partial charge in [0.2, 0.25) is 5.43 Å². The molecule has 1 atom stereocenters. The van der Waals surface area contributed by atoms with Gasteiger partial charge in [0.05, 0.1) is 11.7 Å². The van der Waals surface area contributed by atoms with Gasteiger partial charge in [-0.15, -0.1) is 0 Å². The van der Waals surface area contributed by atoms with Gasteiger partial charge >= 0.3 is 7.12 Å². The van der Waals surface area contributed by atoms with Crippen LogP contribution >= 0.6 is 0 Å². The van der Waals surface area contributed by atoms with Crippen molar-refractivity contribution in [3.8, 4) is 11.4 Å². The van der Waals surface area contributed by atoms with E-state index >= 15 is 0 Å². The molecule has 23 heavy (non-hydrogen) atoms. The molecule has 1 aliphatic carbocycles. The number of nitrogens with zero attached hydrogens (tertiary/aromatic N) is 1. The molecule has 1 heterocycles. The van der Waals surface area contributed by atoms with Gasteiger partial charge in [0.25, 0.3) is 0 Å². The molecule has 0 amide bonds. The lowest BCUT2D eigenvalue weighted by Gasteiger charge is -2.16. The molecule has 1 unspecified atom stereocenters. The molecule has 0 bridgehead atoms. The van der Waals surface area contributed by atoms with Gasteiger partial charge in [0.1, 0.15) is 0 Å². The zero-order valence-corrected chi connectivity index (χ0v) is 12.3. The lowest BCUT2D eigenvalue weighted by Crippen LogP contribution is -2.42. The zero-order chi connectivity index (χ0) is 16.4. The molecule has 3 N–H and O–H groups in total. The van der Waals surface area contributed by atoms with Crippen molar-refractivity contribution in [2.75, 3.05) is 0 Å². The van der Waals surface area contributed by atoms with Crippen LogP contribution in [0.3, 0.4) is 0 Å². The summed E-state index contributed by atoms with van der Waals surface area (Å²) in [6.45, 7) is 0. The number of aromatic nitrogens is 1. The molecule has 0 saturated heterocycles. The number of hydrogen-bond acceptors (Lipinski definition) is 4. The van der Waals surface area contributed by atoms with Crippen molar-refractivity contribution in [2.45, 2.75) is 12.3 Å². The van der Waals surface area contributed by atoms with Gasteiger partial charge in [-0.25, -0.2) is 0 Å². The normalized spacial score (nSPS) is 16.5. The molecule has 0 aliphatic heterocycles. The number of allylic oxidation sites excluding steroid dienone is 4. The molecule has 0 radical (unpaired) electrons. The van der Waals surface area contributed by atoms with E-state index in [1.54, 1.807) is 0 Å². The smallest absolute Gasteiger partial charge is 0.494 e. The fourth-order valence-electron chi connectivity index (χ4n) is 2.66. The van der Waals surface area contributed by atoms with Gasteiger partial charge in [-0.1, -0.05) is 36.4 Å². The highest BCUT2D eigenvalue weighted by molar-refractivity contribution is 6.58. The number of benzene rings is 1. The van der Waals surface area contributed by atoms with Crippen LogP contribution in [0.5, 0.6) is 5.75 Å². The summed E-state index contributed by atoms with van der Waals surface area (Å²) in [6, 6.07) is 7.68. The minimum atomic E-state index is -1.93. The van der Waals surface area contributed by atoms with E-state index in [-0.39, 0.29) is 11.4 Å². The minimum absolute atomic E-state index is 0.268. The molecule has 1 aliphatic rings. The van der Waals surface area contributed by atoms with E-state index in [4.69, 9.17) is 0 Å². The molecule has 3 rings (SSSR count). The third kappa shape index (κ3) is 3.13. The summed E-state index contributed by atoms with van der Waals surface area (Å²) in [4.78, 5) is 11.7. The van der Waals surface area contributed by atoms with Crippen molar-refractivity contribution in [3.05, 3.63) is 76.8 Å². The van der Waals surface area contributed by atoms with Gasteiger partial charge in [-0.3, -0.25) is 4.79 Å². The standard InChI is InChI=1S/C17H16BNO4/c20-16-11-19(10-15(17(16)21)18(22)23)14-8-4-7-13(9-14)12-5-2-1-3-6-12/h1-5,7-12,20,22-23H,6H2. The first-order valence-electron chi connectivity index (χ1n) is 7.31. The van der Waals surface area contributed by atoms with E-state index in [0.29, 0.717) is 0 Å². The zero-order valence-electron chi connectivity index (χ0n) is 12.3. The summed E-state index contributed by atoms with van der Waals surface area (Å²) < 4.78 is 1.51. The molecule has 116 valence electrons. The SMILES string of the molecule is O=c1c(O)cn(-c2cccc(C3C=CC=CC3)c2)cc1B(O)O. The Bertz CT molecular complexity index is 839. The van der Waals surface area contributed by atoms with Crippen LogP contribution in [0.15, 0.2) is 65.8 Å². The van der Waals surface area contributed by atoms with Gasteiger partial charge in [0.15, 0.2) is 5.75 Å². The number of rotatable bonds is 3. The Kier molecular flexibility index (Phi) is 4.19. The maximum atomic E-state index is 11.7. The molecule has 1 aromatic carbocycles. The van der Waals surface area contributed by atoms with E-state index < -0.39 is 18.3 Å². The molecular formula is C17H16BNO4. The third-order valence-electron chi connectivity index (χ3n) is 3.89. The maximum Gasteiger partial charge on any atom is 0.494 e. The monoisotopic (exact) mass is 309 g/mol. The predicted molar refractivity (Wildman–Crippen MR) is 89.2 cm³/mol. The van der Waals surface area contributed by atoms with Crippen LogP contribution in [0.25, 0.3) is 5.69 Å². The molecule has 0 spiro atoms. The molecule has 6 heteroatoms. The third-order valence-corrected chi connectivity index (χ3v) is 3.89. The Morgan fingerprint density at radius 1 is 1.17 bits per heavy atom. The Hall–Kier alpha value is -2.57. The van der Waals surface area contributed by atoms with Crippen LogP contribution in [-0.2, 0) is 0 Å². The van der Waals surface area contributed by atoms with Crippen molar-refractivity contribution < 1.29 is 15.2 Å². The highest BCUT2D eigenvalue weighted by Crippen LogP contribution is 2.26. The Morgan fingerprint density at radius 2 is 2.00 bits per heavy atom. The largest absolute Gasteiger partial charge is 0.503 e. The topological polar surface area (TPSA) is 82.7 Å². The van der Waals surface area contributed by atoms with E-state index in [1.165, 1.54) is 17.0 Å². The summed E-state index contributed by atoms with van der Waals surface area (Å²) in [5.74, 6) is -0.252. The molecule has 2 aromatic rings. The summed E-state index contributed by atoms with van der Waals surface area (Å²) >= 11 is 0. The highest BCUT2D eigenvalue weighted by Gasteiger charge is 2.19. The van der Waals surface area contributed by atoms with Crippen molar-refractivity contribution in [3.63, 3.8) is 0 Å². The quantitative estimate of drug-likeness (QED) is 0.733. The first-order chi connectivity index (χ1) is 11.1. The summed E-state index contributed by atoms with van der Waals surface area (Å²) in [6.07, 6.45) is 11.7. The van der Waals surface area contributed by atoms with E-state index in [9.17, 15) is 19.9 Å². The van der Waals surface area contributed by atoms with Crippen LogP contribution in [-0.4, -0.2) is 26.8 Å². The average molecular weight is 309 g/mol. The Labute approximate surface area is 133 Å². The van der Waals surface area contributed by atoms with Gasteiger partial charge in [0, 0.05) is 17.8 Å². The second-order valence-corrected chi connectivity index (χ2v) is 5.46. The van der Waals surface area contributed by atoms with E-state index in [1.807, 2.05) is 36.4 Å².